The van der Waals surface area contributed by atoms with E-state index in [1.165, 1.54) is 0 Å². The second-order valence-corrected chi connectivity index (χ2v) is 6.15. The molecule has 0 spiro atoms. The first-order chi connectivity index (χ1) is 11.7. The van der Waals surface area contributed by atoms with Crippen LogP contribution in [-0.4, -0.2) is 20.7 Å². The largest absolute Gasteiger partial charge is 0.305 e. The second-order valence-electron chi connectivity index (χ2n) is 6.15. The molecule has 2 aromatic heterocycles. The minimum atomic E-state index is -0.198. The van der Waals surface area contributed by atoms with Gasteiger partial charge in [0.15, 0.2) is 0 Å². The van der Waals surface area contributed by atoms with Gasteiger partial charge in [-0.1, -0.05) is 18.2 Å². The summed E-state index contributed by atoms with van der Waals surface area (Å²) in [4.78, 5) is 17.0. The van der Waals surface area contributed by atoms with Crippen molar-refractivity contribution < 1.29 is 4.79 Å². The first kappa shape index (κ1) is 14.6. The zero-order valence-electron chi connectivity index (χ0n) is 13.4. The highest BCUT2D eigenvalue weighted by molar-refractivity contribution is 6.03. The molecule has 0 bridgehead atoms. The molecule has 4 rings (SSSR count). The molecule has 1 aromatic carbocycles. The number of hydrogen-bond donors (Lipinski definition) is 1. The number of benzene rings is 1. The van der Waals surface area contributed by atoms with Gasteiger partial charge in [0.25, 0.3) is 5.91 Å². The van der Waals surface area contributed by atoms with Gasteiger partial charge in [-0.2, -0.15) is 5.10 Å². The lowest BCUT2D eigenvalue weighted by molar-refractivity contribution is 0.101. The Kier molecular flexibility index (Phi) is 3.61. The number of pyridine rings is 1. The lowest BCUT2D eigenvalue weighted by atomic mass is 10.2. The predicted molar refractivity (Wildman–Crippen MR) is 92.5 cm³/mol. The lowest BCUT2D eigenvalue weighted by Crippen LogP contribution is -2.17. The maximum atomic E-state index is 12.8. The maximum absolute atomic E-state index is 12.8. The summed E-state index contributed by atoms with van der Waals surface area (Å²) < 4.78 is 1.72. The molecule has 5 heteroatoms. The third-order valence-electron chi connectivity index (χ3n) is 4.11. The van der Waals surface area contributed by atoms with E-state index in [1.54, 1.807) is 10.9 Å². The molecular formula is C19H18N4O. The topological polar surface area (TPSA) is 59.8 Å². The monoisotopic (exact) mass is 318 g/mol. The van der Waals surface area contributed by atoms with E-state index in [0.717, 1.165) is 29.8 Å². The van der Waals surface area contributed by atoms with Gasteiger partial charge in [0.2, 0.25) is 0 Å². The molecule has 0 unspecified atom stereocenters. The third-order valence-corrected chi connectivity index (χ3v) is 4.11. The Hall–Kier alpha value is -2.95. The highest BCUT2D eigenvalue weighted by atomic mass is 16.2. The van der Waals surface area contributed by atoms with Crippen LogP contribution in [0.15, 0.2) is 54.7 Å². The molecule has 1 aliphatic carbocycles. The summed E-state index contributed by atoms with van der Waals surface area (Å²) in [5.74, 6) is 0.837. The van der Waals surface area contributed by atoms with E-state index in [0.29, 0.717) is 17.4 Å². The molecule has 1 saturated carbocycles. The zero-order chi connectivity index (χ0) is 16.5. The van der Waals surface area contributed by atoms with Crippen LogP contribution in [0.3, 0.4) is 0 Å². The number of amides is 1. The standard InChI is InChI=1S/C19H18N4O/c1-13-9-10-20-18(11-13)21-19(24)17-12-16(14-7-8-14)22-23(17)15-5-3-2-4-6-15/h2-6,9-12,14H,7-8H2,1H3,(H,20,21,24). The third kappa shape index (κ3) is 2.93. The van der Waals surface area contributed by atoms with E-state index >= 15 is 0 Å². The van der Waals surface area contributed by atoms with Gasteiger partial charge >= 0.3 is 0 Å². The van der Waals surface area contributed by atoms with Crippen molar-refractivity contribution in [1.29, 1.82) is 0 Å². The minimum absolute atomic E-state index is 0.198. The average Bonchev–Trinajstić information content (AvgIpc) is 3.34. The molecule has 120 valence electrons. The summed E-state index contributed by atoms with van der Waals surface area (Å²) in [5.41, 5.74) is 3.45. The van der Waals surface area contributed by atoms with E-state index in [4.69, 9.17) is 0 Å². The summed E-state index contributed by atoms with van der Waals surface area (Å²) in [5, 5.41) is 7.53. The highest BCUT2D eigenvalue weighted by Crippen LogP contribution is 2.39. The van der Waals surface area contributed by atoms with Gasteiger partial charge in [0.1, 0.15) is 11.5 Å². The number of hydrogen-bond acceptors (Lipinski definition) is 3. The minimum Gasteiger partial charge on any atom is -0.305 e. The van der Waals surface area contributed by atoms with Crippen molar-refractivity contribution in [2.45, 2.75) is 25.7 Å². The Balaban J connectivity index is 1.69. The van der Waals surface area contributed by atoms with E-state index < -0.39 is 0 Å². The molecule has 1 amide bonds. The molecule has 1 aliphatic rings. The smallest absolute Gasteiger partial charge is 0.275 e. The summed E-state index contributed by atoms with van der Waals surface area (Å²) in [6, 6.07) is 15.4. The molecule has 1 fully saturated rings. The predicted octanol–water partition coefficient (Wildman–Crippen LogP) is 3.71. The van der Waals surface area contributed by atoms with Crippen LogP contribution >= 0.6 is 0 Å². The van der Waals surface area contributed by atoms with Crippen LogP contribution in [0.1, 0.15) is 40.5 Å². The van der Waals surface area contributed by atoms with Gasteiger partial charge in [-0.05, 0) is 55.7 Å². The summed E-state index contributed by atoms with van der Waals surface area (Å²) in [7, 11) is 0. The van der Waals surface area contributed by atoms with Crippen LogP contribution in [0, 0.1) is 6.92 Å². The summed E-state index contributed by atoms with van der Waals surface area (Å²) >= 11 is 0. The fourth-order valence-electron chi connectivity index (χ4n) is 2.69. The molecular weight excluding hydrogens is 300 g/mol. The molecule has 0 saturated heterocycles. The van der Waals surface area contributed by atoms with Crippen molar-refractivity contribution in [3.05, 3.63) is 71.7 Å². The van der Waals surface area contributed by atoms with E-state index in [1.807, 2.05) is 55.5 Å². The Morgan fingerprint density at radius 1 is 1.17 bits per heavy atom. The molecule has 24 heavy (non-hydrogen) atoms. The number of aromatic nitrogens is 3. The summed E-state index contributed by atoms with van der Waals surface area (Å²) in [6.07, 6.45) is 3.98. The summed E-state index contributed by atoms with van der Waals surface area (Å²) in [6.45, 7) is 1.97. The maximum Gasteiger partial charge on any atom is 0.275 e. The van der Waals surface area contributed by atoms with Gasteiger partial charge in [0.05, 0.1) is 11.4 Å². The van der Waals surface area contributed by atoms with Crippen LogP contribution in [0.5, 0.6) is 0 Å². The number of nitrogens with zero attached hydrogens (tertiary/aromatic N) is 3. The van der Waals surface area contributed by atoms with Crippen molar-refractivity contribution in [2.24, 2.45) is 0 Å². The Morgan fingerprint density at radius 3 is 2.67 bits per heavy atom. The molecule has 2 heterocycles. The first-order valence-electron chi connectivity index (χ1n) is 8.10. The van der Waals surface area contributed by atoms with E-state index in [2.05, 4.69) is 15.4 Å². The number of nitrogens with one attached hydrogen (secondary N) is 1. The quantitative estimate of drug-likeness (QED) is 0.798. The normalized spacial score (nSPS) is 13.7. The number of carbonyl (C=O) groups is 1. The van der Waals surface area contributed by atoms with Crippen molar-refractivity contribution in [3.8, 4) is 5.69 Å². The van der Waals surface area contributed by atoms with Crippen molar-refractivity contribution in [3.63, 3.8) is 0 Å². The Labute approximate surface area is 140 Å². The molecule has 5 nitrogen and oxygen atoms in total. The van der Waals surface area contributed by atoms with Crippen LogP contribution in [-0.2, 0) is 0 Å². The first-order valence-corrected chi connectivity index (χ1v) is 8.10. The number of para-hydroxylation sites is 1. The van der Waals surface area contributed by atoms with Crippen molar-refractivity contribution >= 4 is 11.7 Å². The van der Waals surface area contributed by atoms with Gasteiger partial charge < -0.3 is 5.32 Å². The van der Waals surface area contributed by atoms with Gasteiger partial charge in [-0.3, -0.25) is 4.79 Å². The second kappa shape index (κ2) is 5.92. The number of aryl methyl sites for hydroxylation is 1. The number of anilines is 1. The average molecular weight is 318 g/mol. The molecule has 0 aliphatic heterocycles. The fraction of sp³-hybridized carbons (Fsp3) is 0.211. The zero-order valence-corrected chi connectivity index (χ0v) is 13.4. The SMILES string of the molecule is Cc1ccnc(NC(=O)c2cc(C3CC3)nn2-c2ccccc2)c1. The molecule has 0 atom stereocenters. The molecule has 0 radical (unpaired) electrons. The Bertz CT molecular complexity index is 881. The number of rotatable bonds is 4. The van der Waals surface area contributed by atoms with Crippen molar-refractivity contribution in [1.82, 2.24) is 14.8 Å². The van der Waals surface area contributed by atoms with Crippen molar-refractivity contribution in [2.75, 3.05) is 5.32 Å². The van der Waals surface area contributed by atoms with Crippen LogP contribution in [0.25, 0.3) is 5.69 Å². The highest BCUT2D eigenvalue weighted by Gasteiger charge is 2.29. The fourth-order valence-corrected chi connectivity index (χ4v) is 2.69. The van der Waals surface area contributed by atoms with Crippen LogP contribution in [0.4, 0.5) is 5.82 Å². The number of carbonyl (C=O) groups excluding carboxylic acids is 1. The van der Waals surface area contributed by atoms with E-state index in [9.17, 15) is 4.79 Å². The molecule has 3 aromatic rings. The Morgan fingerprint density at radius 2 is 1.96 bits per heavy atom. The van der Waals surface area contributed by atoms with Gasteiger partial charge in [0, 0.05) is 12.1 Å². The van der Waals surface area contributed by atoms with E-state index in [-0.39, 0.29) is 5.91 Å². The van der Waals surface area contributed by atoms with Crippen LogP contribution in [0.2, 0.25) is 0 Å². The van der Waals surface area contributed by atoms with Crippen LogP contribution < -0.4 is 5.32 Å². The lowest BCUT2D eigenvalue weighted by Gasteiger charge is -2.08. The molecule has 1 N–H and O–H groups in total. The van der Waals surface area contributed by atoms with Gasteiger partial charge in [-0.25, -0.2) is 9.67 Å². The van der Waals surface area contributed by atoms with Gasteiger partial charge in [-0.15, -0.1) is 0 Å².